The van der Waals surface area contributed by atoms with Gasteiger partial charge in [0.1, 0.15) is 4.88 Å². The van der Waals surface area contributed by atoms with Gasteiger partial charge in [-0.1, -0.05) is 4.49 Å². The predicted molar refractivity (Wildman–Crippen MR) is 72.9 cm³/mol. The third kappa shape index (κ3) is 2.33. The Labute approximate surface area is 109 Å². The first-order valence-corrected chi connectivity index (χ1v) is 6.23. The molecule has 6 heteroatoms. The minimum atomic E-state index is -0.182. The van der Waals surface area contributed by atoms with E-state index in [0.29, 0.717) is 16.3 Å². The molecule has 1 aromatic carbocycles. The minimum Gasteiger partial charge on any atom is -0.399 e. The zero-order chi connectivity index (χ0) is 13.3. The molecule has 94 valence electrons. The summed E-state index contributed by atoms with van der Waals surface area (Å²) >= 11 is 1.09. The minimum absolute atomic E-state index is 0.182. The Morgan fingerprint density at radius 3 is 2.39 bits per heavy atom. The maximum Gasteiger partial charge on any atom is 0.269 e. The second-order valence-corrected chi connectivity index (χ2v) is 4.93. The quantitative estimate of drug-likeness (QED) is 0.814. The summed E-state index contributed by atoms with van der Waals surface area (Å²) in [5, 5.41) is 6.71. The molecule has 18 heavy (non-hydrogen) atoms. The number of benzene rings is 1. The van der Waals surface area contributed by atoms with Crippen LogP contribution in [0.15, 0.2) is 12.1 Å². The van der Waals surface area contributed by atoms with Crippen molar-refractivity contribution >= 4 is 28.8 Å². The third-order valence-electron chi connectivity index (χ3n) is 2.65. The Kier molecular flexibility index (Phi) is 3.29. The summed E-state index contributed by atoms with van der Waals surface area (Å²) < 4.78 is 3.75. The number of aromatic nitrogens is 2. The normalized spacial score (nSPS) is 10.4. The van der Waals surface area contributed by atoms with E-state index < -0.39 is 0 Å². The first-order valence-electron chi connectivity index (χ1n) is 5.46. The summed E-state index contributed by atoms with van der Waals surface area (Å²) in [6, 6.07) is 3.67. The number of rotatable bonds is 2. The molecule has 0 atom stereocenters. The summed E-state index contributed by atoms with van der Waals surface area (Å²) in [5.74, 6) is -0.182. The lowest BCUT2D eigenvalue weighted by Gasteiger charge is -2.11. The lowest BCUT2D eigenvalue weighted by molar-refractivity contribution is 0.102. The predicted octanol–water partition coefficient (Wildman–Crippen LogP) is 2.30. The highest BCUT2D eigenvalue weighted by molar-refractivity contribution is 7.08. The summed E-state index contributed by atoms with van der Waals surface area (Å²) in [6.07, 6.45) is 0. The van der Waals surface area contributed by atoms with E-state index in [4.69, 9.17) is 5.73 Å². The Bertz CT molecular complexity index is 583. The van der Waals surface area contributed by atoms with Gasteiger partial charge in [0, 0.05) is 11.4 Å². The molecular weight excluding hydrogens is 248 g/mol. The fourth-order valence-electron chi connectivity index (χ4n) is 1.80. The number of anilines is 2. The Morgan fingerprint density at radius 2 is 1.89 bits per heavy atom. The summed E-state index contributed by atoms with van der Waals surface area (Å²) in [7, 11) is 0. The van der Waals surface area contributed by atoms with Crippen LogP contribution in [0.5, 0.6) is 0 Å². The van der Waals surface area contributed by atoms with Gasteiger partial charge in [-0.3, -0.25) is 4.79 Å². The number of hydrogen-bond donors (Lipinski definition) is 2. The molecular formula is C12H14N4OS. The second kappa shape index (κ2) is 4.73. The van der Waals surface area contributed by atoms with E-state index in [0.717, 1.165) is 28.3 Å². The molecule has 0 aliphatic rings. The standard InChI is InChI=1S/C12H14N4OS/c1-6-4-9(13)5-7(2)10(6)14-12(17)11-8(3)15-16-18-11/h4-5H,13H2,1-3H3,(H,14,17). The van der Waals surface area contributed by atoms with E-state index in [9.17, 15) is 4.79 Å². The molecule has 0 unspecified atom stereocenters. The molecule has 1 amide bonds. The average molecular weight is 262 g/mol. The molecule has 0 saturated heterocycles. The third-order valence-corrected chi connectivity index (χ3v) is 3.48. The van der Waals surface area contributed by atoms with Crippen molar-refractivity contribution in [1.82, 2.24) is 9.59 Å². The Hall–Kier alpha value is -1.95. The monoisotopic (exact) mass is 262 g/mol. The molecule has 2 aromatic rings. The number of aryl methyl sites for hydroxylation is 3. The van der Waals surface area contributed by atoms with Crippen molar-refractivity contribution in [3.63, 3.8) is 0 Å². The highest BCUT2D eigenvalue weighted by atomic mass is 32.1. The van der Waals surface area contributed by atoms with E-state index in [2.05, 4.69) is 14.9 Å². The molecule has 2 rings (SSSR count). The smallest absolute Gasteiger partial charge is 0.269 e. The number of carbonyl (C=O) groups is 1. The van der Waals surface area contributed by atoms with E-state index >= 15 is 0 Å². The van der Waals surface area contributed by atoms with Crippen molar-refractivity contribution in [2.75, 3.05) is 11.1 Å². The van der Waals surface area contributed by atoms with E-state index in [1.807, 2.05) is 26.0 Å². The lowest BCUT2D eigenvalue weighted by atomic mass is 10.1. The van der Waals surface area contributed by atoms with Gasteiger partial charge in [0.05, 0.1) is 5.69 Å². The number of amides is 1. The Morgan fingerprint density at radius 1 is 1.28 bits per heavy atom. The topological polar surface area (TPSA) is 80.9 Å². The Balaban J connectivity index is 2.31. The van der Waals surface area contributed by atoms with E-state index in [-0.39, 0.29) is 5.91 Å². The van der Waals surface area contributed by atoms with Crippen molar-refractivity contribution < 1.29 is 4.79 Å². The van der Waals surface area contributed by atoms with Crippen LogP contribution in [0.1, 0.15) is 26.5 Å². The van der Waals surface area contributed by atoms with Gasteiger partial charge in [0.2, 0.25) is 0 Å². The van der Waals surface area contributed by atoms with Crippen LogP contribution in [0.25, 0.3) is 0 Å². The van der Waals surface area contributed by atoms with Crippen molar-refractivity contribution in [2.24, 2.45) is 0 Å². The number of hydrogen-bond acceptors (Lipinski definition) is 5. The first-order chi connectivity index (χ1) is 8.49. The number of nitrogens with one attached hydrogen (secondary N) is 1. The molecule has 0 aliphatic carbocycles. The zero-order valence-corrected chi connectivity index (χ0v) is 11.3. The molecule has 1 heterocycles. The van der Waals surface area contributed by atoms with Gasteiger partial charge in [0.25, 0.3) is 5.91 Å². The number of carbonyl (C=O) groups excluding carboxylic acids is 1. The molecule has 0 spiro atoms. The molecule has 5 nitrogen and oxygen atoms in total. The van der Waals surface area contributed by atoms with Gasteiger partial charge in [-0.05, 0) is 55.6 Å². The summed E-state index contributed by atoms with van der Waals surface area (Å²) in [6.45, 7) is 5.59. The van der Waals surface area contributed by atoms with Crippen molar-refractivity contribution in [3.05, 3.63) is 33.8 Å². The largest absolute Gasteiger partial charge is 0.399 e. The fraction of sp³-hybridized carbons (Fsp3) is 0.250. The average Bonchev–Trinajstić information content (AvgIpc) is 2.69. The maximum absolute atomic E-state index is 12.1. The molecule has 3 N–H and O–H groups in total. The summed E-state index contributed by atoms with van der Waals surface area (Å²) in [4.78, 5) is 12.6. The van der Waals surface area contributed by atoms with Gasteiger partial charge < -0.3 is 11.1 Å². The molecule has 0 radical (unpaired) electrons. The molecule has 0 saturated carbocycles. The number of nitrogens with zero attached hydrogens (tertiary/aromatic N) is 2. The fourth-order valence-corrected chi connectivity index (χ4v) is 2.36. The van der Waals surface area contributed by atoms with Crippen LogP contribution in [0.2, 0.25) is 0 Å². The van der Waals surface area contributed by atoms with E-state index in [1.54, 1.807) is 6.92 Å². The molecule has 0 aliphatic heterocycles. The van der Waals surface area contributed by atoms with Crippen molar-refractivity contribution in [2.45, 2.75) is 20.8 Å². The van der Waals surface area contributed by atoms with E-state index in [1.165, 1.54) is 0 Å². The van der Waals surface area contributed by atoms with Crippen LogP contribution in [-0.2, 0) is 0 Å². The molecule has 1 aromatic heterocycles. The van der Waals surface area contributed by atoms with Crippen LogP contribution in [-0.4, -0.2) is 15.5 Å². The lowest BCUT2D eigenvalue weighted by Crippen LogP contribution is -2.13. The van der Waals surface area contributed by atoms with Crippen LogP contribution in [0, 0.1) is 20.8 Å². The molecule has 0 fully saturated rings. The molecule has 0 bridgehead atoms. The van der Waals surface area contributed by atoms with Crippen LogP contribution >= 0.6 is 11.5 Å². The van der Waals surface area contributed by atoms with Gasteiger partial charge >= 0.3 is 0 Å². The van der Waals surface area contributed by atoms with Gasteiger partial charge in [-0.25, -0.2) is 0 Å². The van der Waals surface area contributed by atoms with Gasteiger partial charge in [-0.2, -0.15) is 0 Å². The number of nitrogens with two attached hydrogens (primary N) is 1. The highest BCUT2D eigenvalue weighted by Gasteiger charge is 2.15. The van der Waals surface area contributed by atoms with Gasteiger partial charge in [0.15, 0.2) is 0 Å². The summed E-state index contributed by atoms with van der Waals surface area (Å²) in [5.41, 5.74) is 9.76. The van der Waals surface area contributed by atoms with Gasteiger partial charge in [-0.15, -0.1) is 5.10 Å². The zero-order valence-electron chi connectivity index (χ0n) is 10.4. The maximum atomic E-state index is 12.1. The van der Waals surface area contributed by atoms with Crippen LogP contribution in [0.3, 0.4) is 0 Å². The highest BCUT2D eigenvalue weighted by Crippen LogP contribution is 2.24. The van der Waals surface area contributed by atoms with Crippen molar-refractivity contribution in [1.29, 1.82) is 0 Å². The SMILES string of the molecule is Cc1cc(N)cc(C)c1NC(=O)c1snnc1C. The second-order valence-electron chi connectivity index (χ2n) is 4.17. The van der Waals surface area contributed by atoms with Crippen LogP contribution in [0.4, 0.5) is 11.4 Å². The number of nitrogen functional groups attached to an aromatic ring is 1. The first kappa shape index (κ1) is 12.5. The van der Waals surface area contributed by atoms with Crippen LogP contribution < -0.4 is 11.1 Å². The van der Waals surface area contributed by atoms with Crippen molar-refractivity contribution in [3.8, 4) is 0 Å².